The summed E-state index contributed by atoms with van der Waals surface area (Å²) in [5, 5.41) is 20.7. The monoisotopic (exact) mass is 502 g/mol. The van der Waals surface area contributed by atoms with Crippen molar-refractivity contribution in [2.75, 3.05) is 12.4 Å². The first kappa shape index (κ1) is 23.6. The number of halogens is 1. The number of ether oxygens (including phenoxy) is 1. The van der Waals surface area contributed by atoms with Gasteiger partial charge >= 0.3 is 5.97 Å². The number of carbonyl (C=O) groups is 1. The van der Waals surface area contributed by atoms with E-state index in [2.05, 4.69) is 4.98 Å². The molecule has 0 aliphatic carbocycles. The van der Waals surface area contributed by atoms with E-state index in [9.17, 15) is 32.6 Å². The molecule has 0 saturated heterocycles. The minimum absolute atomic E-state index is 0.0125. The maximum absolute atomic E-state index is 14.4. The molecule has 0 fully saturated rings. The highest BCUT2D eigenvalue weighted by Gasteiger charge is 2.45. The van der Waals surface area contributed by atoms with Gasteiger partial charge in [-0.15, -0.1) is 0 Å². The van der Waals surface area contributed by atoms with E-state index in [1.165, 1.54) is 22.8 Å². The number of aliphatic hydroxyl groups is 2. The van der Waals surface area contributed by atoms with Crippen molar-refractivity contribution in [3.05, 3.63) is 62.2 Å². The summed E-state index contributed by atoms with van der Waals surface area (Å²) in [6.45, 7) is 2.33. The lowest BCUT2D eigenvalue weighted by atomic mass is 9.86. The number of nitrogens with zero attached hydrogens (tertiary/aromatic N) is 2. The van der Waals surface area contributed by atoms with Gasteiger partial charge in [-0.3, -0.25) is 4.79 Å². The van der Waals surface area contributed by atoms with E-state index in [-0.39, 0.29) is 41.9 Å². The zero-order valence-electron chi connectivity index (χ0n) is 19.1. The number of hydrogen-bond acceptors (Lipinski definition) is 8. The summed E-state index contributed by atoms with van der Waals surface area (Å²) in [5.41, 5.74) is -0.239. The third-order valence-corrected chi connectivity index (χ3v) is 8.39. The molecule has 2 aliphatic rings. The number of aliphatic hydroxyl groups excluding tert-OH is 1. The highest BCUT2D eigenvalue weighted by Crippen LogP contribution is 2.41. The van der Waals surface area contributed by atoms with Crippen LogP contribution in [0.15, 0.2) is 23.0 Å². The van der Waals surface area contributed by atoms with E-state index in [0.29, 0.717) is 27.8 Å². The molecule has 0 unspecified atom stereocenters. The van der Waals surface area contributed by atoms with E-state index < -0.39 is 50.9 Å². The molecule has 0 saturated carbocycles. The van der Waals surface area contributed by atoms with Crippen LogP contribution in [0.3, 0.4) is 0 Å². The second kappa shape index (κ2) is 7.94. The van der Waals surface area contributed by atoms with E-state index in [1.54, 1.807) is 13.8 Å². The van der Waals surface area contributed by atoms with Crippen molar-refractivity contribution in [3.8, 4) is 11.4 Å². The molecule has 1 aromatic carbocycles. The van der Waals surface area contributed by atoms with Crippen LogP contribution in [0.4, 0.5) is 4.39 Å². The number of aryl methyl sites for hydroxylation is 1. The van der Waals surface area contributed by atoms with Crippen molar-refractivity contribution < 1.29 is 32.6 Å². The van der Waals surface area contributed by atoms with Gasteiger partial charge in [-0.1, -0.05) is 6.92 Å². The Bertz CT molecular complexity index is 1600. The standard InChI is InChI=1S/C24H23FN2O7S/c1-3-24(31)17-7-20-21-14(9-27(20)22(29)15(17)10-34-23(24)30)16(11-35(32,33)5-4-28)13-6-12(2)18(25)8-19(13)26-21/h6-8,28,31H,3-5,9-11H2,1-2H3/t24-/m0/s1. The molecular formula is C24H23FN2O7S. The Morgan fingerprint density at radius 1 is 1.23 bits per heavy atom. The Hall–Kier alpha value is -3.15. The molecule has 2 aromatic heterocycles. The van der Waals surface area contributed by atoms with E-state index in [1.807, 2.05) is 0 Å². The Morgan fingerprint density at radius 2 is 1.97 bits per heavy atom. The van der Waals surface area contributed by atoms with Crippen LogP contribution in [0.1, 0.15) is 41.2 Å². The van der Waals surface area contributed by atoms with Crippen LogP contribution in [0.2, 0.25) is 0 Å². The number of fused-ring (bicyclic) bond motifs is 5. The summed E-state index contributed by atoms with van der Waals surface area (Å²) in [5.74, 6) is -2.24. The zero-order chi connectivity index (χ0) is 25.3. The van der Waals surface area contributed by atoms with E-state index >= 15 is 0 Å². The summed E-state index contributed by atoms with van der Waals surface area (Å²) < 4.78 is 46.3. The average molecular weight is 503 g/mol. The molecule has 0 amide bonds. The van der Waals surface area contributed by atoms with Gasteiger partial charge in [0.25, 0.3) is 5.56 Å². The normalized spacial score (nSPS) is 18.8. The summed E-state index contributed by atoms with van der Waals surface area (Å²) >= 11 is 0. The molecule has 35 heavy (non-hydrogen) atoms. The van der Waals surface area contributed by atoms with Crippen LogP contribution in [-0.2, 0) is 43.9 Å². The van der Waals surface area contributed by atoms with Crippen LogP contribution in [0.5, 0.6) is 0 Å². The van der Waals surface area contributed by atoms with Gasteiger partial charge in [-0.05, 0) is 36.6 Å². The number of esters is 1. The van der Waals surface area contributed by atoms with Gasteiger partial charge in [-0.25, -0.2) is 22.6 Å². The lowest BCUT2D eigenvalue weighted by Crippen LogP contribution is -2.44. The fraction of sp³-hybridized carbons (Fsp3) is 0.375. The largest absolute Gasteiger partial charge is 0.458 e. The predicted molar refractivity (Wildman–Crippen MR) is 124 cm³/mol. The van der Waals surface area contributed by atoms with Gasteiger partial charge in [0.05, 0.1) is 47.1 Å². The highest BCUT2D eigenvalue weighted by atomic mass is 32.2. The number of sulfone groups is 1. The van der Waals surface area contributed by atoms with Crippen molar-refractivity contribution in [3.63, 3.8) is 0 Å². The molecule has 5 rings (SSSR count). The minimum atomic E-state index is -3.73. The molecule has 4 heterocycles. The number of aromatic nitrogens is 2. The molecule has 184 valence electrons. The van der Waals surface area contributed by atoms with Crippen molar-refractivity contribution in [2.45, 2.75) is 44.8 Å². The minimum Gasteiger partial charge on any atom is -0.458 e. The summed E-state index contributed by atoms with van der Waals surface area (Å²) in [6, 6.07) is 4.26. The molecular weight excluding hydrogens is 479 g/mol. The first-order valence-electron chi connectivity index (χ1n) is 11.1. The predicted octanol–water partition coefficient (Wildman–Crippen LogP) is 1.43. The molecule has 11 heteroatoms. The SMILES string of the molecule is CC[C@@]1(O)C(=O)OCc2c1cc1n(c2=O)Cc2c-1nc1cc(F)c(C)cc1c2CS(=O)(=O)CCO. The second-order valence-electron chi connectivity index (χ2n) is 8.95. The Morgan fingerprint density at radius 3 is 2.66 bits per heavy atom. The first-order valence-corrected chi connectivity index (χ1v) is 12.9. The average Bonchev–Trinajstić information content (AvgIpc) is 3.16. The molecule has 3 aromatic rings. The third-order valence-electron chi connectivity index (χ3n) is 6.85. The van der Waals surface area contributed by atoms with Gasteiger partial charge in [-0.2, -0.15) is 0 Å². The van der Waals surface area contributed by atoms with Crippen molar-refractivity contribution in [1.82, 2.24) is 9.55 Å². The van der Waals surface area contributed by atoms with Gasteiger partial charge < -0.3 is 19.5 Å². The van der Waals surface area contributed by atoms with Gasteiger partial charge in [0.15, 0.2) is 15.4 Å². The number of carbonyl (C=O) groups excluding carboxylic acids is 1. The lowest BCUT2D eigenvalue weighted by molar-refractivity contribution is -0.172. The van der Waals surface area contributed by atoms with E-state index in [0.717, 1.165) is 0 Å². The molecule has 1 atom stereocenters. The van der Waals surface area contributed by atoms with Gasteiger partial charge in [0, 0.05) is 22.6 Å². The van der Waals surface area contributed by atoms with Crippen LogP contribution in [0, 0.1) is 12.7 Å². The maximum Gasteiger partial charge on any atom is 0.343 e. The van der Waals surface area contributed by atoms with E-state index in [4.69, 9.17) is 4.74 Å². The van der Waals surface area contributed by atoms with Crippen LogP contribution in [0.25, 0.3) is 22.3 Å². The topological polar surface area (TPSA) is 136 Å². The van der Waals surface area contributed by atoms with Gasteiger partial charge in [0.2, 0.25) is 0 Å². The summed E-state index contributed by atoms with van der Waals surface area (Å²) in [7, 11) is -3.73. The maximum atomic E-state index is 14.4. The Balaban J connectivity index is 1.82. The second-order valence-corrected chi connectivity index (χ2v) is 11.1. The number of cyclic esters (lactones) is 1. The Kier molecular flexibility index (Phi) is 5.35. The molecule has 0 radical (unpaired) electrons. The molecule has 0 spiro atoms. The molecule has 2 aliphatic heterocycles. The summed E-state index contributed by atoms with van der Waals surface area (Å²) in [4.78, 5) is 30.3. The smallest absolute Gasteiger partial charge is 0.343 e. The molecule has 9 nitrogen and oxygen atoms in total. The highest BCUT2D eigenvalue weighted by molar-refractivity contribution is 7.90. The number of rotatable bonds is 5. The van der Waals surface area contributed by atoms with Crippen LogP contribution >= 0.6 is 0 Å². The number of pyridine rings is 2. The first-order chi connectivity index (χ1) is 16.5. The summed E-state index contributed by atoms with van der Waals surface area (Å²) in [6.07, 6.45) is -0.0190. The number of hydrogen-bond donors (Lipinski definition) is 2. The number of benzene rings is 1. The molecule has 0 bridgehead atoms. The quantitative estimate of drug-likeness (QED) is 0.391. The van der Waals surface area contributed by atoms with Gasteiger partial charge in [0.1, 0.15) is 12.4 Å². The fourth-order valence-electron chi connectivity index (χ4n) is 4.89. The van der Waals surface area contributed by atoms with Crippen LogP contribution in [-0.4, -0.2) is 46.5 Å². The lowest BCUT2D eigenvalue weighted by Gasteiger charge is -2.31. The molecule has 2 N–H and O–H groups in total. The van der Waals surface area contributed by atoms with Crippen molar-refractivity contribution >= 4 is 26.7 Å². The fourth-order valence-corrected chi connectivity index (χ4v) is 6.08. The van der Waals surface area contributed by atoms with Crippen molar-refractivity contribution in [2.24, 2.45) is 0 Å². The van der Waals surface area contributed by atoms with Crippen molar-refractivity contribution in [1.29, 1.82) is 0 Å². The van der Waals surface area contributed by atoms with Crippen LogP contribution < -0.4 is 5.56 Å². The Labute approximate surface area is 199 Å². The third kappa shape index (κ3) is 3.48. The zero-order valence-corrected chi connectivity index (χ0v) is 19.9.